The summed E-state index contributed by atoms with van der Waals surface area (Å²) in [4.78, 5) is 33.4. The van der Waals surface area contributed by atoms with Crippen molar-refractivity contribution in [3.05, 3.63) is 27.8 Å². The van der Waals surface area contributed by atoms with Crippen molar-refractivity contribution in [2.45, 2.75) is 38.7 Å². The van der Waals surface area contributed by atoms with Crippen LogP contribution >= 0.6 is 0 Å². The van der Waals surface area contributed by atoms with Crippen molar-refractivity contribution >= 4 is 17.6 Å². The molecule has 1 aromatic rings. The molecule has 1 aromatic carbocycles. The highest BCUT2D eigenvalue weighted by atomic mass is 16.6. The summed E-state index contributed by atoms with van der Waals surface area (Å²) in [6, 6.07) is 2.62. The van der Waals surface area contributed by atoms with Gasteiger partial charge in [0, 0.05) is 12.8 Å². The second-order valence-corrected chi connectivity index (χ2v) is 5.76. The number of nitrogens with two attached hydrogens (primary N) is 2. The average molecular weight is 383 g/mol. The summed E-state index contributed by atoms with van der Waals surface area (Å²) in [5, 5.41) is 11.4. The molecule has 10 nitrogen and oxygen atoms in total. The Morgan fingerprint density at radius 3 is 2.48 bits per heavy atom. The van der Waals surface area contributed by atoms with E-state index < -0.39 is 22.9 Å². The predicted molar refractivity (Wildman–Crippen MR) is 96.4 cm³/mol. The van der Waals surface area contributed by atoms with Crippen LogP contribution in [-0.2, 0) is 14.3 Å². The first-order valence-electron chi connectivity index (χ1n) is 8.47. The monoisotopic (exact) mass is 383 g/mol. The van der Waals surface area contributed by atoms with Crippen LogP contribution in [0.5, 0.6) is 11.5 Å². The van der Waals surface area contributed by atoms with Gasteiger partial charge in [-0.15, -0.1) is 0 Å². The van der Waals surface area contributed by atoms with Gasteiger partial charge in [0.2, 0.25) is 5.91 Å². The van der Waals surface area contributed by atoms with Crippen LogP contribution in [0.1, 0.15) is 44.3 Å². The number of esters is 1. The maximum Gasteiger partial charge on any atom is 0.306 e. The lowest BCUT2D eigenvalue weighted by molar-refractivity contribution is -0.386. The molecule has 10 heteroatoms. The number of ether oxygens (including phenoxy) is 3. The molecule has 4 N–H and O–H groups in total. The molecule has 1 unspecified atom stereocenters. The van der Waals surface area contributed by atoms with Crippen molar-refractivity contribution in [2.24, 2.45) is 11.5 Å². The first-order chi connectivity index (χ1) is 12.8. The highest BCUT2D eigenvalue weighted by molar-refractivity contribution is 5.73. The van der Waals surface area contributed by atoms with Gasteiger partial charge in [0.15, 0.2) is 11.5 Å². The van der Waals surface area contributed by atoms with Crippen molar-refractivity contribution in [1.29, 1.82) is 0 Å². The Kier molecular flexibility index (Phi) is 9.00. The number of hydrogen-bond acceptors (Lipinski definition) is 8. The Morgan fingerprint density at radius 2 is 1.93 bits per heavy atom. The minimum Gasteiger partial charge on any atom is -0.493 e. The number of nitro groups is 1. The lowest BCUT2D eigenvalue weighted by atomic mass is 10.1. The van der Waals surface area contributed by atoms with Gasteiger partial charge >= 0.3 is 5.97 Å². The second-order valence-electron chi connectivity index (χ2n) is 5.76. The number of amides is 1. The fraction of sp³-hybridized carbons (Fsp3) is 0.529. The highest BCUT2D eigenvalue weighted by Crippen LogP contribution is 2.38. The Labute approximate surface area is 156 Å². The zero-order valence-corrected chi connectivity index (χ0v) is 15.4. The lowest BCUT2D eigenvalue weighted by Crippen LogP contribution is -2.13. The zero-order chi connectivity index (χ0) is 20.4. The van der Waals surface area contributed by atoms with Gasteiger partial charge in [-0.25, -0.2) is 0 Å². The van der Waals surface area contributed by atoms with Gasteiger partial charge in [0.05, 0.1) is 30.3 Å². The molecule has 27 heavy (non-hydrogen) atoms. The number of hydrogen-bond donors (Lipinski definition) is 2. The van der Waals surface area contributed by atoms with Gasteiger partial charge in [0.25, 0.3) is 5.69 Å². The minimum atomic E-state index is -0.853. The number of rotatable bonds is 12. The topological polar surface area (TPSA) is 157 Å². The highest BCUT2D eigenvalue weighted by Gasteiger charge is 2.25. The van der Waals surface area contributed by atoms with Gasteiger partial charge in [-0.3, -0.25) is 19.7 Å². The van der Waals surface area contributed by atoms with E-state index in [1.807, 2.05) is 0 Å². The van der Waals surface area contributed by atoms with Crippen LogP contribution in [-0.4, -0.2) is 37.1 Å². The molecule has 0 fully saturated rings. The summed E-state index contributed by atoms with van der Waals surface area (Å²) in [6.07, 6.45) is 0.247. The Morgan fingerprint density at radius 1 is 1.22 bits per heavy atom. The van der Waals surface area contributed by atoms with Crippen LogP contribution in [0.25, 0.3) is 0 Å². The van der Waals surface area contributed by atoms with Crippen molar-refractivity contribution in [3.8, 4) is 11.5 Å². The first kappa shape index (κ1) is 22.2. The van der Waals surface area contributed by atoms with E-state index in [1.165, 1.54) is 26.2 Å². The number of nitro benzene ring substituents is 1. The van der Waals surface area contributed by atoms with E-state index in [0.717, 1.165) is 0 Å². The smallest absolute Gasteiger partial charge is 0.306 e. The quantitative estimate of drug-likeness (QED) is 0.238. The molecule has 0 aliphatic rings. The summed E-state index contributed by atoms with van der Waals surface area (Å²) < 4.78 is 15.9. The van der Waals surface area contributed by atoms with E-state index in [1.54, 1.807) is 0 Å². The Balaban J connectivity index is 3.01. The third-order valence-corrected chi connectivity index (χ3v) is 3.67. The minimum absolute atomic E-state index is 0.132. The van der Waals surface area contributed by atoms with E-state index in [2.05, 4.69) is 0 Å². The molecule has 0 heterocycles. The second kappa shape index (κ2) is 11.0. The van der Waals surface area contributed by atoms with Crippen molar-refractivity contribution in [3.63, 3.8) is 0 Å². The van der Waals surface area contributed by atoms with Crippen LogP contribution in [0, 0.1) is 10.1 Å². The summed E-state index contributed by atoms with van der Waals surface area (Å²) in [6.45, 7) is 2.02. The van der Waals surface area contributed by atoms with Gasteiger partial charge in [-0.05, 0) is 32.4 Å². The maximum absolute atomic E-state index is 11.8. The third-order valence-electron chi connectivity index (χ3n) is 3.67. The number of methoxy groups -OCH3 is 1. The number of carbonyl (C=O) groups excluding carboxylic acids is 2. The standard InChI is InChI=1S/C17H25N3O7/c1-11(27-17(22)6-3-7-18)12-9-14(25-2)15(10-13(12)20(23)24)26-8-4-5-16(19)21/h9-11H,3-8,18H2,1-2H3,(H2,19,21). The van der Waals surface area contributed by atoms with E-state index in [9.17, 15) is 19.7 Å². The maximum atomic E-state index is 11.8. The normalized spacial score (nSPS) is 11.5. The van der Waals surface area contributed by atoms with Crippen molar-refractivity contribution < 1.29 is 28.7 Å². The van der Waals surface area contributed by atoms with Crippen LogP contribution in [0.2, 0.25) is 0 Å². The summed E-state index contributed by atoms with van der Waals surface area (Å²) >= 11 is 0. The molecule has 1 amide bonds. The predicted octanol–water partition coefficient (Wildman–Crippen LogP) is 1.59. The number of nitrogens with zero attached hydrogens (tertiary/aromatic N) is 1. The van der Waals surface area contributed by atoms with Gasteiger partial charge < -0.3 is 25.7 Å². The Hall–Kier alpha value is -2.88. The third kappa shape index (κ3) is 7.10. The molecule has 0 saturated carbocycles. The molecule has 150 valence electrons. The SMILES string of the molecule is COc1cc(C(C)OC(=O)CCCN)c([N+](=O)[O-])cc1OCCCC(N)=O. The molecule has 0 aliphatic carbocycles. The molecule has 0 aliphatic heterocycles. The van der Waals surface area contributed by atoms with Crippen molar-refractivity contribution in [2.75, 3.05) is 20.3 Å². The molecule has 0 radical (unpaired) electrons. The van der Waals surface area contributed by atoms with Gasteiger partial charge in [-0.2, -0.15) is 0 Å². The number of benzene rings is 1. The van der Waals surface area contributed by atoms with Gasteiger partial charge in [0.1, 0.15) is 6.10 Å². The molecular formula is C17H25N3O7. The van der Waals surface area contributed by atoms with Crippen LogP contribution in [0.3, 0.4) is 0 Å². The fourth-order valence-corrected chi connectivity index (χ4v) is 2.32. The van der Waals surface area contributed by atoms with Crippen LogP contribution < -0.4 is 20.9 Å². The summed E-state index contributed by atoms with van der Waals surface area (Å²) in [7, 11) is 1.39. The van der Waals surface area contributed by atoms with E-state index in [0.29, 0.717) is 19.4 Å². The Bertz CT molecular complexity index is 679. The molecule has 1 atom stereocenters. The lowest BCUT2D eigenvalue weighted by Gasteiger charge is -2.17. The first-order valence-corrected chi connectivity index (χ1v) is 8.47. The van der Waals surface area contributed by atoms with E-state index in [-0.39, 0.29) is 42.2 Å². The summed E-state index contributed by atoms with van der Waals surface area (Å²) in [5.41, 5.74) is 10.3. The fourth-order valence-electron chi connectivity index (χ4n) is 2.32. The average Bonchev–Trinajstić information content (AvgIpc) is 2.62. The van der Waals surface area contributed by atoms with E-state index in [4.69, 9.17) is 25.7 Å². The summed E-state index contributed by atoms with van der Waals surface area (Å²) in [5.74, 6) is -0.552. The largest absolute Gasteiger partial charge is 0.493 e. The molecular weight excluding hydrogens is 358 g/mol. The van der Waals surface area contributed by atoms with Crippen LogP contribution in [0.4, 0.5) is 5.69 Å². The van der Waals surface area contributed by atoms with E-state index >= 15 is 0 Å². The molecule has 0 aromatic heterocycles. The molecule has 1 rings (SSSR count). The molecule has 0 bridgehead atoms. The molecule has 0 saturated heterocycles. The molecule has 0 spiro atoms. The number of primary amides is 1. The number of carbonyl (C=O) groups is 2. The van der Waals surface area contributed by atoms with Gasteiger partial charge in [-0.1, -0.05) is 0 Å². The van der Waals surface area contributed by atoms with Crippen LogP contribution in [0.15, 0.2) is 12.1 Å². The zero-order valence-electron chi connectivity index (χ0n) is 15.4. The van der Waals surface area contributed by atoms with Crippen molar-refractivity contribution in [1.82, 2.24) is 0 Å².